The molecule has 3 heteroatoms. The molecule has 3 nitrogen and oxygen atoms in total. The molecular formula is C25H20N2O. The summed E-state index contributed by atoms with van der Waals surface area (Å²) in [5, 5.41) is 10.6. The molecule has 0 saturated carbocycles. The molecule has 136 valence electrons. The summed E-state index contributed by atoms with van der Waals surface area (Å²) in [5.41, 5.74) is 7.86. The van der Waals surface area contributed by atoms with E-state index in [1.165, 1.54) is 27.8 Å². The Morgan fingerprint density at radius 1 is 0.857 bits per heavy atom. The lowest BCUT2D eigenvalue weighted by Crippen LogP contribution is -2.05. The van der Waals surface area contributed by atoms with Crippen molar-refractivity contribution >= 4 is 22.8 Å². The minimum Gasteiger partial charge on any atom is -0.396 e. The monoisotopic (exact) mass is 364 g/mol. The van der Waals surface area contributed by atoms with Gasteiger partial charge in [-0.25, -0.2) is 0 Å². The van der Waals surface area contributed by atoms with Gasteiger partial charge in [0, 0.05) is 29.7 Å². The minimum atomic E-state index is 0.0780. The molecule has 2 heterocycles. The number of rotatable bonds is 4. The van der Waals surface area contributed by atoms with Crippen molar-refractivity contribution in [3.63, 3.8) is 0 Å². The fourth-order valence-electron chi connectivity index (χ4n) is 4.09. The predicted molar refractivity (Wildman–Crippen MR) is 114 cm³/mol. The van der Waals surface area contributed by atoms with Gasteiger partial charge in [0.05, 0.1) is 17.4 Å². The van der Waals surface area contributed by atoms with Gasteiger partial charge in [-0.3, -0.25) is 9.98 Å². The normalized spacial score (nSPS) is 15.1. The maximum Gasteiger partial charge on any atom is 0.0857 e. The highest BCUT2D eigenvalue weighted by Crippen LogP contribution is 2.42. The first-order valence-corrected chi connectivity index (χ1v) is 9.56. The number of aliphatic hydroxyl groups is 1. The number of aromatic nitrogens is 1. The van der Waals surface area contributed by atoms with Gasteiger partial charge in [0.2, 0.25) is 0 Å². The van der Waals surface area contributed by atoms with E-state index in [0.717, 1.165) is 16.6 Å². The lowest BCUT2D eigenvalue weighted by atomic mass is 9.86. The number of hydrogen-bond acceptors (Lipinski definition) is 3. The number of fused-ring (bicyclic) bond motifs is 3. The molecule has 3 aromatic carbocycles. The van der Waals surface area contributed by atoms with Gasteiger partial charge in [0.15, 0.2) is 0 Å². The average Bonchev–Trinajstić information content (AvgIpc) is 3.19. The second-order valence-electron chi connectivity index (χ2n) is 7.08. The topological polar surface area (TPSA) is 45.5 Å². The van der Waals surface area contributed by atoms with Crippen molar-refractivity contribution in [2.24, 2.45) is 4.99 Å². The van der Waals surface area contributed by atoms with Gasteiger partial charge in [-0.1, -0.05) is 60.7 Å². The summed E-state index contributed by atoms with van der Waals surface area (Å²) >= 11 is 0. The van der Waals surface area contributed by atoms with Gasteiger partial charge in [0.1, 0.15) is 0 Å². The minimum absolute atomic E-state index is 0.0780. The molecule has 0 aliphatic carbocycles. The van der Waals surface area contributed by atoms with E-state index < -0.39 is 0 Å². The second kappa shape index (κ2) is 7.02. The second-order valence-corrected chi connectivity index (χ2v) is 7.08. The maximum atomic E-state index is 9.47. The molecule has 0 saturated heterocycles. The van der Waals surface area contributed by atoms with Crippen molar-refractivity contribution in [1.29, 1.82) is 0 Å². The van der Waals surface area contributed by atoms with Crippen LogP contribution < -0.4 is 0 Å². The quantitative estimate of drug-likeness (QED) is 0.535. The number of aliphatic hydroxyl groups excluding tert-OH is 1. The SMILES string of the molecule is OCCc1ccccc1C1C=Nc2cnc3ccc(-c4ccccc4)cc3c21. The standard InChI is InChI=1S/C25H20N2O/c28-13-12-18-8-4-5-9-20(18)22-15-26-24-16-27-23-11-10-19(14-21(23)25(22)24)17-6-2-1-3-7-17/h1-11,14-16,22,28H,12-13H2. The third-order valence-electron chi connectivity index (χ3n) is 5.44. The molecule has 1 aromatic heterocycles. The molecule has 0 fully saturated rings. The Morgan fingerprint density at radius 3 is 2.54 bits per heavy atom. The van der Waals surface area contributed by atoms with E-state index in [1.807, 2.05) is 24.5 Å². The molecule has 1 N–H and O–H groups in total. The fourth-order valence-corrected chi connectivity index (χ4v) is 4.09. The van der Waals surface area contributed by atoms with E-state index in [2.05, 4.69) is 70.6 Å². The van der Waals surface area contributed by atoms with Gasteiger partial charge >= 0.3 is 0 Å². The smallest absolute Gasteiger partial charge is 0.0857 e. The van der Waals surface area contributed by atoms with Crippen LogP contribution in [-0.4, -0.2) is 22.9 Å². The Morgan fingerprint density at radius 2 is 1.68 bits per heavy atom. The van der Waals surface area contributed by atoms with Crippen molar-refractivity contribution in [3.8, 4) is 11.1 Å². The van der Waals surface area contributed by atoms with Crippen LogP contribution in [0.1, 0.15) is 22.6 Å². The molecule has 0 bridgehead atoms. The summed E-state index contributed by atoms with van der Waals surface area (Å²) in [4.78, 5) is 9.28. The molecule has 1 atom stereocenters. The predicted octanol–water partition coefficient (Wildman–Crippen LogP) is 5.28. The molecule has 1 aliphatic heterocycles. The zero-order valence-electron chi connectivity index (χ0n) is 15.4. The van der Waals surface area contributed by atoms with Crippen molar-refractivity contribution < 1.29 is 5.11 Å². The first-order chi connectivity index (χ1) is 13.8. The number of nitrogens with zero attached hydrogens (tertiary/aromatic N) is 2. The molecule has 28 heavy (non-hydrogen) atoms. The van der Waals surface area contributed by atoms with Crippen LogP contribution in [0.2, 0.25) is 0 Å². The maximum absolute atomic E-state index is 9.47. The van der Waals surface area contributed by atoms with Gasteiger partial charge in [-0.15, -0.1) is 0 Å². The summed E-state index contributed by atoms with van der Waals surface area (Å²) in [5.74, 6) is 0.0780. The van der Waals surface area contributed by atoms with Crippen LogP contribution in [0.3, 0.4) is 0 Å². The average molecular weight is 364 g/mol. The summed E-state index contributed by atoms with van der Waals surface area (Å²) in [7, 11) is 0. The molecule has 0 radical (unpaired) electrons. The highest BCUT2D eigenvalue weighted by atomic mass is 16.2. The Labute approximate surface area is 164 Å². The first-order valence-electron chi connectivity index (χ1n) is 9.56. The van der Waals surface area contributed by atoms with Crippen molar-refractivity contribution in [3.05, 3.63) is 95.7 Å². The number of benzene rings is 3. The lowest BCUT2D eigenvalue weighted by molar-refractivity contribution is 0.299. The van der Waals surface area contributed by atoms with E-state index in [-0.39, 0.29) is 12.5 Å². The van der Waals surface area contributed by atoms with Crippen molar-refractivity contribution in [2.45, 2.75) is 12.3 Å². The molecule has 5 rings (SSSR count). The highest BCUT2D eigenvalue weighted by Gasteiger charge is 2.25. The van der Waals surface area contributed by atoms with E-state index in [4.69, 9.17) is 0 Å². The number of hydrogen-bond donors (Lipinski definition) is 1. The van der Waals surface area contributed by atoms with Crippen LogP contribution >= 0.6 is 0 Å². The summed E-state index contributed by atoms with van der Waals surface area (Å²) in [6.07, 6.45) is 4.52. The van der Waals surface area contributed by atoms with Crippen LogP contribution in [0, 0.1) is 0 Å². The van der Waals surface area contributed by atoms with Gasteiger partial charge < -0.3 is 5.11 Å². The van der Waals surface area contributed by atoms with Crippen molar-refractivity contribution in [1.82, 2.24) is 4.98 Å². The van der Waals surface area contributed by atoms with Crippen LogP contribution in [-0.2, 0) is 6.42 Å². The molecule has 4 aromatic rings. The van der Waals surface area contributed by atoms with Crippen LogP contribution in [0.25, 0.3) is 22.0 Å². The summed E-state index contributed by atoms with van der Waals surface area (Å²) in [6, 6.07) is 25.2. The Bertz CT molecular complexity index is 1180. The third-order valence-corrected chi connectivity index (χ3v) is 5.44. The van der Waals surface area contributed by atoms with Crippen LogP contribution in [0.4, 0.5) is 5.69 Å². The van der Waals surface area contributed by atoms with E-state index in [1.54, 1.807) is 0 Å². The van der Waals surface area contributed by atoms with E-state index >= 15 is 0 Å². The van der Waals surface area contributed by atoms with Gasteiger partial charge in [0.25, 0.3) is 0 Å². The van der Waals surface area contributed by atoms with Gasteiger partial charge in [-0.2, -0.15) is 0 Å². The highest BCUT2D eigenvalue weighted by molar-refractivity contribution is 5.98. The lowest BCUT2D eigenvalue weighted by Gasteiger charge is -2.17. The Kier molecular flexibility index (Phi) is 4.22. The van der Waals surface area contributed by atoms with Crippen molar-refractivity contribution in [2.75, 3.05) is 6.61 Å². The molecule has 1 unspecified atom stereocenters. The zero-order chi connectivity index (χ0) is 18.9. The Balaban J connectivity index is 1.70. The van der Waals surface area contributed by atoms with E-state index in [9.17, 15) is 5.11 Å². The molecule has 0 spiro atoms. The molecular weight excluding hydrogens is 344 g/mol. The Hall–Kier alpha value is -3.30. The fraction of sp³-hybridized carbons (Fsp3) is 0.120. The van der Waals surface area contributed by atoms with Crippen LogP contribution in [0.15, 0.2) is 84.0 Å². The van der Waals surface area contributed by atoms with Gasteiger partial charge in [-0.05, 0) is 40.8 Å². The largest absolute Gasteiger partial charge is 0.396 e. The van der Waals surface area contributed by atoms with E-state index in [0.29, 0.717) is 6.42 Å². The zero-order valence-corrected chi connectivity index (χ0v) is 15.4. The van der Waals surface area contributed by atoms with Crippen LogP contribution in [0.5, 0.6) is 0 Å². The number of aliphatic imine (C=N–C) groups is 1. The first kappa shape index (κ1) is 16.8. The molecule has 1 aliphatic rings. The summed E-state index contributed by atoms with van der Waals surface area (Å²) < 4.78 is 0. The summed E-state index contributed by atoms with van der Waals surface area (Å²) in [6.45, 7) is 0.142. The number of pyridine rings is 1. The third kappa shape index (κ3) is 2.81. The molecule has 0 amide bonds.